The monoisotopic (exact) mass is 384 g/mol. The topological polar surface area (TPSA) is 36.7 Å². The first-order chi connectivity index (χ1) is 11.6. The van der Waals surface area contributed by atoms with Crippen molar-refractivity contribution in [3.63, 3.8) is 0 Å². The van der Waals surface area contributed by atoms with Gasteiger partial charge in [-0.2, -0.15) is 0 Å². The van der Waals surface area contributed by atoms with Crippen LogP contribution in [0.15, 0.2) is 57.4 Å². The van der Waals surface area contributed by atoms with E-state index in [2.05, 4.69) is 40.0 Å². The number of amides is 1. The number of carbonyl (C=O) groups is 1. The van der Waals surface area contributed by atoms with Gasteiger partial charge in [0.25, 0.3) is 5.91 Å². The Hall–Kier alpha value is -2.27. The number of hydrogen-bond donors (Lipinski definition) is 0. The van der Waals surface area contributed by atoms with Crippen molar-refractivity contribution in [2.75, 3.05) is 25.0 Å². The summed E-state index contributed by atoms with van der Waals surface area (Å²) >= 11 is 3.47. The maximum Gasteiger partial charge on any atom is 0.289 e. The van der Waals surface area contributed by atoms with Crippen molar-refractivity contribution in [2.45, 2.75) is 6.54 Å². The van der Waals surface area contributed by atoms with E-state index in [0.29, 0.717) is 24.4 Å². The summed E-state index contributed by atoms with van der Waals surface area (Å²) in [5.74, 6) is 0.321. The zero-order valence-electron chi connectivity index (χ0n) is 13.3. The lowest BCUT2D eigenvalue weighted by Crippen LogP contribution is -2.34. The number of fused-ring (bicyclic) bond motifs is 2. The van der Waals surface area contributed by atoms with Gasteiger partial charge < -0.3 is 14.2 Å². The number of para-hydroxylation sites is 2. The summed E-state index contributed by atoms with van der Waals surface area (Å²) < 4.78 is 6.68. The normalized spacial score (nSPS) is 14.6. The van der Waals surface area contributed by atoms with E-state index >= 15 is 0 Å². The van der Waals surface area contributed by atoms with E-state index in [1.807, 2.05) is 41.3 Å². The highest BCUT2D eigenvalue weighted by Gasteiger charge is 2.24. The SMILES string of the molecule is CN1CCN(C(=O)c2cc3cccc(Br)c3o2)Cc2ccccc21. The minimum Gasteiger partial charge on any atom is -0.450 e. The zero-order valence-corrected chi connectivity index (χ0v) is 14.9. The van der Waals surface area contributed by atoms with Gasteiger partial charge in [-0.05, 0) is 39.7 Å². The molecular formula is C19H17BrN2O2. The van der Waals surface area contributed by atoms with Crippen LogP contribution in [0.3, 0.4) is 0 Å². The summed E-state index contributed by atoms with van der Waals surface area (Å²) in [7, 11) is 2.06. The van der Waals surface area contributed by atoms with Crippen LogP contribution < -0.4 is 4.90 Å². The number of anilines is 1. The molecule has 0 bridgehead atoms. The summed E-state index contributed by atoms with van der Waals surface area (Å²) in [6.45, 7) is 2.06. The first-order valence-corrected chi connectivity index (χ1v) is 8.69. The van der Waals surface area contributed by atoms with E-state index < -0.39 is 0 Å². The van der Waals surface area contributed by atoms with Crippen molar-refractivity contribution in [1.82, 2.24) is 4.90 Å². The molecule has 2 heterocycles. The number of carbonyl (C=O) groups excluding carboxylic acids is 1. The maximum absolute atomic E-state index is 12.9. The molecular weight excluding hydrogens is 368 g/mol. The van der Waals surface area contributed by atoms with Gasteiger partial charge in [0.1, 0.15) is 5.58 Å². The lowest BCUT2D eigenvalue weighted by atomic mass is 10.1. The molecule has 0 atom stereocenters. The molecule has 0 N–H and O–H groups in total. The molecule has 0 radical (unpaired) electrons. The number of rotatable bonds is 1. The third kappa shape index (κ3) is 2.59. The highest BCUT2D eigenvalue weighted by Crippen LogP contribution is 2.29. The maximum atomic E-state index is 12.9. The third-order valence-electron chi connectivity index (χ3n) is 4.46. The molecule has 0 aliphatic carbocycles. The Balaban J connectivity index is 1.68. The van der Waals surface area contributed by atoms with Crippen molar-refractivity contribution in [3.05, 3.63) is 64.3 Å². The number of furan rings is 1. The zero-order chi connectivity index (χ0) is 16.7. The highest BCUT2D eigenvalue weighted by molar-refractivity contribution is 9.10. The fourth-order valence-corrected chi connectivity index (χ4v) is 3.62. The van der Waals surface area contributed by atoms with Crippen LogP contribution in [0.25, 0.3) is 11.0 Å². The standard InChI is InChI=1S/C19H17BrN2O2/c1-21-9-10-22(12-14-5-2-3-8-16(14)21)19(23)17-11-13-6-4-7-15(20)18(13)24-17/h2-8,11H,9-10,12H2,1H3. The first-order valence-electron chi connectivity index (χ1n) is 7.90. The second-order valence-corrected chi connectivity index (χ2v) is 6.90. The van der Waals surface area contributed by atoms with E-state index in [4.69, 9.17) is 4.42 Å². The number of halogens is 1. The molecule has 0 saturated heterocycles. The number of benzene rings is 2. The van der Waals surface area contributed by atoms with Gasteiger partial charge in [-0.1, -0.05) is 30.3 Å². The lowest BCUT2D eigenvalue weighted by molar-refractivity contribution is 0.0722. The van der Waals surface area contributed by atoms with Crippen LogP contribution in [0.5, 0.6) is 0 Å². The Morgan fingerprint density at radius 2 is 1.96 bits per heavy atom. The molecule has 1 aromatic heterocycles. The van der Waals surface area contributed by atoms with Gasteiger partial charge in [-0.15, -0.1) is 0 Å². The number of likely N-dealkylation sites (N-methyl/N-ethyl adjacent to an activating group) is 1. The molecule has 1 aliphatic heterocycles. The molecule has 1 amide bonds. The molecule has 0 fully saturated rings. The molecule has 24 heavy (non-hydrogen) atoms. The smallest absolute Gasteiger partial charge is 0.289 e. The molecule has 1 aliphatic rings. The van der Waals surface area contributed by atoms with Crippen molar-refractivity contribution in [1.29, 1.82) is 0 Å². The average Bonchev–Trinajstić information content (AvgIpc) is 2.96. The van der Waals surface area contributed by atoms with Crippen LogP contribution in [-0.4, -0.2) is 30.9 Å². The summed E-state index contributed by atoms with van der Waals surface area (Å²) in [4.78, 5) is 17.0. The minimum absolute atomic E-state index is 0.0665. The predicted molar refractivity (Wildman–Crippen MR) is 98.4 cm³/mol. The third-order valence-corrected chi connectivity index (χ3v) is 5.09. The van der Waals surface area contributed by atoms with E-state index in [9.17, 15) is 4.79 Å². The van der Waals surface area contributed by atoms with Crippen molar-refractivity contribution < 1.29 is 9.21 Å². The van der Waals surface area contributed by atoms with Gasteiger partial charge in [0.15, 0.2) is 5.76 Å². The van der Waals surface area contributed by atoms with Crippen LogP contribution in [-0.2, 0) is 6.54 Å². The second-order valence-electron chi connectivity index (χ2n) is 6.05. The van der Waals surface area contributed by atoms with E-state index in [1.54, 1.807) is 0 Å². The summed E-state index contributed by atoms with van der Waals surface area (Å²) in [5, 5.41) is 0.931. The van der Waals surface area contributed by atoms with Crippen molar-refractivity contribution >= 4 is 38.5 Å². The average molecular weight is 385 g/mol. The van der Waals surface area contributed by atoms with Gasteiger partial charge >= 0.3 is 0 Å². The van der Waals surface area contributed by atoms with Crippen molar-refractivity contribution in [2.24, 2.45) is 0 Å². The van der Waals surface area contributed by atoms with E-state index in [-0.39, 0.29) is 5.91 Å². The summed E-state index contributed by atoms with van der Waals surface area (Å²) in [6.07, 6.45) is 0. The molecule has 4 nitrogen and oxygen atoms in total. The van der Waals surface area contributed by atoms with Crippen LogP contribution >= 0.6 is 15.9 Å². The van der Waals surface area contributed by atoms with Gasteiger partial charge in [0, 0.05) is 37.8 Å². The fourth-order valence-electron chi connectivity index (χ4n) is 3.15. The second kappa shape index (κ2) is 5.98. The van der Waals surface area contributed by atoms with Crippen LogP contribution in [0.4, 0.5) is 5.69 Å². The fraction of sp³-hybridized carbons (Fsp3) is 0.211. The first kappa shape index (κ1) is 15.3. The molecule has 0 saturated carbocycles. The van der Waals surface area contributed by atoms with Gasteiger partial charge in [0.05, 0.1) is 4.47 Å². The molecule has 3 aromatic rings. The van der Waals surface area contributed by atoms with Gasteiger partial charge in [0.2, 0.25) is 0 Å². The highest BCUT2D eigenvalue weighted by atomic mass is 79.9. The lowest BCUT2D eigenvalue weighted by Gasteiger charge is -2.19. The minimum atomic E-state index is -0.0665. The van der Waals surface area contributed by atoms with Gasteiger partial charge in [-0.3, -0.25) is 4.79 Å². The molecule has 4 rings (SSSR count). The van der Waals surface area contributed by atoms with Gasteiger partial charge in [-0.25, -0.2) is 0 Å². The summed E-state index contributed by atoms with van der Waals surface area (Å²) in [5.41, 5.74) is 3.05. The summed E-state index contributed by atoms with van der Waals surface area (Å²) in [6, 6.07) is 15.8. The Morgan fingerprint density at radius 3 is 2.79 bits per heavy atom. The number of nitrogens with zero attached hydrogens (tertiary/aromatic N) is 2. The van der Waals surface area contributed by atoms with E-state index in [1.165, 1.54) is 5.69 Å². The molecule has 2 aromatic carbocycles. The quantitative estimate of drug-likeness (QED) is 0.627. The molecule has 0 unspecified atom stereocenters. The number of hydrogen-bond acceptors (Lipinski definition) is 3. The Morgan fingerprint density at radius 1 is 1.12 bits per heavy atom. The molecule has 5 heteroatoms. The van der Waals surface area contributed by atoms with Crippen LogP contribution in [0.1, 0.15) is 16.1 Å². The van der Waals surface area contributed by atoms with Crippen LogP contribution in [0.2, 0.25) is 0 Å². The molecule has 0 spiro atoms. The Labute approximate surface area is 148 Å². The van der Waals surface area contributed by atoms with Crippen LogP contribution in [0, 0.1) is 0 Å². The van der Waals surface area contributed by atoms with Crippen molar-refractivity contribution in [3.8, 4) is 0 Å². The predicted octanol–water partition coefficient (Wildman–Crippen LogP) is 4.29. The Bertz CT molecular complexity index is 919. The Kier molecular flexibility index (Phi) is 3.81. The molecule has 122 valence electrons. The largest absolute Gasteiger partial charge is 0.450 e. The van der Waals surface area contributed by atoms with E-state index in [0.717, 1.165) is 22.0 Å².